The fourth-order valence-electron chi connectivity index (χ4n) is 2.30. The molecule has 0 aromatic heterocycles. The number of nitrogens with zero attached hydrogens (tertiary/aromatic N) is 1. The Morgan fingerprint density at radius 1 is 1.55 bits per heavy atom. The third-order valence-corrected chi connectivity index (χ3v) is 4.13. The molecule has 2 amide bonds. The summed E-state index contributed by atoms with van der Waals surface area (Å²) in [5.74, 6) is 0.860. The molecule has 0 spiro atoms. The summed E-state index contributed by atoms with van der Waals surface area (Å²) in [6.45, 7) is 2.11. The van der Waals surface area contributed by atoms with E-state index in [1.165, 1.54) is 6.92 Å². The van der Waals surface area contributed by atoms with Crippen LogP contribution in [0.25, 0.3) is 0 Å². The van der Waals surface area contributed by atoms with Crippen molar-refractivity contribution in [1.82, 2.24) is 0 Å². The molecule has 1 unspecified atom stereocenters. The van der Waals surface area contributed by atoms with Crippen LogP contribution in [0.4, 0.5) is 11.4 Å². The first-order chi connectivity index (χ1) is 9.55. The average Bonchev–Trinajstić information content (AvgIpc) is 2.79. The van der Waals surface area contributed by atoms with Crippen LogP contribution < -0.4 is 15.0 Å². The summed E-state index contributed by atoms with van der Waals surface area (Å²) in [7, 11) is 1.57. The lowest BCUT2D eigenvalue weighted by atomic mass is 10.2. The van der Waals surface area contributed by atoms with Crippen molar-refractivity contribution in [3.05, 3.63) is 18.2 Å². The average molecular weight is 341 g/mol. The summed E-state index contributed by atoms with van der Waals surface area (Å²) in [4.78, 5) is 25.0. The van der Waals surface area contributed by atoms with Crippen molar-refractivity contribution in [3.63, 3.8) is 0 Å². The van der Waals surface area contributed by atoms with Crippen molar-refractivity contribution in [3.8, 4) is 5.75 Å². The van der Waals surface area contributed by atoms with Crippen LogP contribution in [0.1, 0.15) is 13.3 Å². The van der Waals surface area contributed by atoms with Gasteiger partial charge in [0, 0.05) is 30.9 Å². The van der Waals surface area contributed by atoms with Crippen LogP contribution in [-0.2, 0) is 9.59 Å². The van der Waals surface area contributed by atoms with Crippen LogP contribution in [0, 0.1) is 5.92 Å². The van der Waals surface area contributed by atoms with E-state index in [0.717, 1.165) is 5.33 Å². The lowest BCUT2D eigenvalue weighted by molar-refractivity contribution is -0.117. The molecule has 0 radical (unpaired) electrons. The molecule has 1 atom stereocenters. The first-order valence-electron chi connectivity index (χ1n) is 6.37. The summed E-state index contributed by atoms with van der Waals surface area (Å²) < 4.78 is 5.32. The van der Waals surface area contributed by atoms with E-state index in [2.05, 4.69) is 21.2 Å². The second kappa shape index (κ2) is 6.26. The molecule has 0 saturated carbocycles. The van der Waals surface area contributed by atoms with E-state index >= 15 is 0 Å². The Hall–Kier alpha value is -1.56. The highest BCUT2D eigenvalue weighted by molar-refractivity contribution is 9.09. The smallest absolute Gasteiger partial charge is 0.227 e. The highest BCUT2D eigenvalue weighted by Gasteiger charge is 2.31. The zero-order chi connectivity index (χ0) is 14.7. The fraction of sp³-hybridized carbons (Fsp3) is 0.429. The number of methoxy groups -OCH3 is 1. The highest BCUT2D eigenvalue weighted by Crippen LogP contribution is 2.35. The topological polar surface area (TPSA) is 58.6 Å². The monoisotopic (exact) mass is 340 g/mol. The lowest BCUT2D eigenvalue weighted by Crippen LogP contribution is -2.25. The second-order valence-corrected chi connectivity index (χ2v) is 5.44. The molecule has 5 nitrogen and oxygen atoms in total. The second-order valence-electron chi connectivity index (χ2n) is 4.80. The van der Waals surface area contributed by atoms with Crippen LogP contribution in [0.15, 0.2) is 18.2 Å². The van der Waals surface area contributed by atoms with E-state index in [9.17, 15) is 9.59 Å². The minimum atomic E-state index is -0.146. The Morgan fingerprint density at radius 2 is 2.30 bits per heavy atom. The van der Waals surface area contributed by atoms with Crippen molar-refractivity contribution in [2.75, 3.05) is 29.2 Å². The molecule has 0 aliphatic carbocycles. The van der Waals surface area contributed by atoms with Gasteiger partial charge in [-0.1, -0.05) is 15.9 Å². The number of benzene rings is 1. The van der Waals surface area contributed by atoms with Gasteiger partial charge in [0.05, 0.1) is 12.8 Å². The van der Waals surface area contributed by atoms with Gasteiger partial charge >= 0.3 is 0 Å². The standard InChI is InChI=1S/C14H17BrN2O3/c1-9(18)16-11-3-4-13(20-2)12(6-11)17-8-10(7-15)5-14(17)19/h3-4,6,10H,5,7-8H2,1-2H3,(H,16,18). The van der Waals surface area contributed by atoms with E-state index in [0.29, 0.717) is 36.0 Å². The SMILES string of the molecule is COc1ccc(NC(C)=O)cc1N1CC(CBr)CC1=O. The van der Waals surface area contributed by atoms with Crippen LogP contribution in [0.3, 0.4) is 0 Å². The van der Waals surface area contributed by atoms with Gasteiger partial charge in [-0.05, 0) is 24.1 Å². The van der Waals surface area contributed by atoms with E-state index in [-0.39, 0.29) is 11.8 Å². The summed E-state index contributed by atoms with van der Waals surface area (Å²) in [6.07, 6.45) is 0.527. The Balaban J connectivity index is 2.33. The van der Waals surface area contributed by atoms with E-state index in [1.807, 2.05) is 0 Å². The number of hydrogen-bond donors (Lipinski definition) is 1. The minimum absolute atomic E-state index is 0.0766. The molecular formula is C14H17BrN2O3. The largest absolute Gasteiger partial charge is 0.495 e. The molecule has 1 heterocycles. The van der Waals surface area contributed by atoms with Crippen molar-refractivity contribution < 1.29 is 14.3 Å². The minimum Gasteiger partial charge on any atom is -0.495 e. The van der Waals surface area contributed by atoms with Crippen LogP contribution >= 0.6 is 15.9 Å². The maximum atomic E-state index is 12.1. The maximum absolute atomic E-state index is 12.1. The van der Waals surface area contributed by atoms with E-state index in [1.54, 1.807) is 30.2 Å². The number of halogens is 1. The summed E-state index contributed by atoms with van der Waals surface area (Å²) in [5, 5.41) is 3.51. The number of alkyl halides is 1. The molecule has 1 aliphatic rings. The molecule has 1 aromatic carbocycles. The van der Waals surface area contributed by atoms with Gasteiger partial charge in [-0.3, -0.25) is 9.59 Å². The molecule has 1 saturated heterocycles. The van der Waals surface area contributed by atoms with Crippen LogP contribution in [0.2, 0.25) is 0 Å². The number of hydrogen-bond acceptors (Lipinski definition) is 3. The third-order valence-electron chi connectivity index (χ3n) is 3.21. The number of carbonyl (C=O) groups is 2. The molecule has 1 aromatic rings. The zero-order valence-electron chi connectivity index (χ0n) is 11.5. The van der Waals surface area contributed by atoms with Crippen LogP contribution in [0.5, 0.6) is 5.75 Å². The number of rotatable bonds is 4. The zero-order valence-corrected chi connectivity index (χ0v) is 13.1. The van der Waals surface area contributed by atoms with Gasteiger partial charge in [-0.25, -0.2) is 0 Å². The Kier molecular flexibility index (Phi) is 4.65. The van der Waals surface area contributed by atoms with E-state index in [4.69, 9.17) is 4.74 Å². The predicted octanol–water partition coefficient (Wildman–Crippen LogP) is 2.40. The van der Waals surface area contributed by atoms with Gasteiger partial charge < -0.3 is 15.0 Å². The predicted molar refractivity (Wildman–Crippen MR) is 81.6 cm³/mol. The highest BCUT2D eigenvalue weighted by atomic mass is 79.9. The number of nitrogens with one attached hydrogen (secondary N) is 1. The molecule has 1 fully saturated rings. The lowest BCUT2D eigenvalue weighted by Gasteiger charge is -2.20. The van der Waals surface area contributed by atoms with E-state index < -0.39 is 0 Å². The molecule has 2 rings (SSSR count). The van der Waals surface area contributed by atoms with Crippen molar-refractivity contribution in [2.45, 2.75) is 13.3 Å². The van der Waals surface area contributed by atoms with Gasteiger partial charge in [-0.2, -0.15) is 0 Å². The quantitative estimate of drug-likeness (QED) is 0.856. The van der Waals surface area contributed by atoms with Gasteiger partial charge in [0.2, 0.25) is 11.8 Å². The van der Waals surface area contributed by atoms with Gasteiger partial charge in [0.1, 0.15) is 5.75 Å². The normalized spacial score (nSPS) is 18.2. The molecule has 0 bridgehead atoms. The maximum Gasteiger partial charge on any atom is 0.227 e. The Bertz CT molecular complexity index is 533. The summed E-state index contributed by atoms with van der Waals surface area (Å²) in [6, 6.07) is 5.29. The molecule has 108 valence electrons. The first kappa shape index (κ1) is 14.8. The van der Waals surface area contributed by atoms with Gasteiger partial charge in [0.15, 0.2) is 0 Å². The van der Waals surface area contributed by atoms with Crippen molar-refractivity contribution in [2.24, 2.45) is 5.92 Å². The number of ether oxygens (including phenoxy) is 1. The summed E-state index contributed by atoms with van der Waals surface area (Å²) in [5.41, 5.74) is 1.36. The number of carbonyl (C=O) groups excluding carboxylic acids is 2. The van der Waals surface area contributed by atoms with Gasteiger partial charge in [0.25, 0.3) is 0 Å². The first-order valence-corrected chi connectivity index (χ1v) is 7.49. The van der Waals surface area contributed by atoms with Crippen LogP contribution in [-0.4, -0.2) is 30.8 Å². The molecule has 6 heteroatoms. The molecule has 20 heavy (non-hydrogen) atoms. The molecule has 1 aliphatic heterocycles. The van der Waals surface area contributed by atoms with Crippen molar-refractivity contribution in [1.29, 1.82) is 0 Å². The third kappa shape index (κ3) is 3.12. The molecule has 1 N–H and O–H groups in total. The Morgan fingerprint density at radius 3 is 2.85 bits per heavy atom. The molecular weight excluding hydrogens is 324 g/mol. The Labute approximate surface area is 126 Å². The number of amides is 2. The van der Waals surface area contributed by atoms with Gasteiger partial charge in [-0.15, -0.1) is 0 Å². The summed E-state index contributed by atoms with van der Waals surface area (Å²) >= 11 is 3.42. The number of anilines is 2. The fourth-order valence-corrected chi connectivity index (χ4v) is 2.73. The van der Waals surface area contributed by atoms with Crippen molar-refractivity contribution >= 4 is 39.1 Å².